The largest absolute Gasteiger partial charge is 0.494 e. The van der Waals surface area contributed by atoms with Crippen molar-refractivity contribution < 1.29 is 71.4 Å². The molecule has 1 heterocycles. The van der Waals surface area contributed by atoms with E-state index in [4.69, 9.17) is 4.74 Å². The number of carboxylic acids is 4. The Kier molecular flexibility index (Phi) is 16.9. The van der Waals surface area contributed by atoms with Crippen molar-refractivity contribution in [3.8, 4) is 11.5 Å². The summed E-state index contributed by atoms with van der Waals surface area (Å²) in [6.45, 7) is 0.0797. The van der Waals surface area contributed by atoms with Crippen molar-refractivity contribution in [3.05, 3.63) is 94.6 Å². The molecule has 15 nitrogen and oxygen atoms in total. The number of nitrogens with zero attached hydrogens (tertiary/aromatic N) is 4. The predicted octanol–water partition coefficient (Wildman–Crippen LogP) is 2.94. The normalized spacial score (nSPS) is 16.5. The molecule has 0 unspecified atom stereocenters. The van der Waals surface area contributed by atoms with Crippen LogP contribution in [0, 0.1) is 23.3 Å². The molecule has 1 aliphatic heterocycles. The van der Waals surface area contributed by atoms with Crippen molar-refractivity contribution in [2.24, 2.45) is 0 Å². The average molecular weight is 821 g/mol. The van der Waals surface area contributed by atoms with Gasteiger partial charge in [0.15, 0.2) is 11.6 Å². The maximum absolute atomic E-state index is 13.9. The quantitative estimate of drug-likeness (QED) is 0.0510. The van der Waals surface area contributed by atoms with Crippen molar-refractivity contribution >= 4 is 29.8 Å². The maximum atomic E-state index is 13.9. The Morgan fingerprint density at radius 1 is 0.621 bits per heavy atom. The zero-order valence-corrected chi connectivity index (χ0v) is 31.3. The van der Waals surface area contributed by atoms with Gasteiger partial charge in [0.1, 0.15) is 5.75 Å². The molecule has 19 heteroatoms. The number of ether oxygens (including phenoxy) is 2. The second kappa shape index (κ2) is 21.8. The van der Waals surface area contributed by atoms with Crippen LogP contribution in [-0.4, -0.2) is 155 Å². The van der Waals surface area contributed by atoms with E-state index in [9.17, 15) is 62.0 Å². The van der Waals surface area contributed by atoms with Gasteiger partial charge in [-0.1, -0.05) is 24.3 Å². The minimum absolute atomic E-state index is 0.00236. The fourth-order valence-electron chi connectivity index (χ4n) is 6.42. The highest BCUT2D eigenvalue weighted by atomic mass is 19.2. The lowest BCUT2D eigenvalue weighted by molar-refractivity contribution is -0.142. The van der Waals surface area contributed by atoms with Gasteiger partial charge in [-0.25, -0.2) is 13.6 Å². The molecule has 1 fully saturated rings. The van der Waals surface area contributed by atoms with E-state index in [1.54, 1.807) is 56.0 Å². The lowest BCUT2D eigenvalue weighted by Gasteiger charge is -2.37. The second-order valence-electron chi connectivity index (χ2n) is 13.7. The third-order valence-electron chi connectivity index (χ3n) is 9.30. The van der Waals surface area contributed by atoms with Crippen LogP contribution in [0.3, 0.4) is 0 Å². The Labute approximate surface area is 330 Å². The van der Waals surface area contributed by atoms with Crippen LogP contribution in [-0.2, 0) is 32.0 Å². The van der Waals surface area contributed by atoms with Gasteiger partial charge in [0.2, 0.25) is 17.4 Å². The van der Waals surface area contributed by atoms with Gasteiger partial charge in [0.05, 0.1) is 38.3 Å². The Balaban J connectivity index is 1.38. The summed E-state index contributed by atoms with van der Waals surface area (Å²) in [5.74, 6) is -13.7. The molecule has 3 aromatic carbocycles. The molecule has 0 bridgehead atoms. The lowest BCUT2D eigenvalue weighted by Crippen LogP contribution is -2.53. The summed E-state index contributed by atoms with van der Waals surface area (Å²) in [6.07, 6.45) is 1.35. The van der Waals surface area contributed by atoms with Crippen LogP contribution in [0.15, 0.2) is 54.6 Å². The van der Waals surface area contributed by atoms with Crippen LogP contribution >= 0.6 is 0 Å². The summed E-state index contributed by atoms with van der Waals surface area (Å²) in [6, 6.07) is 12.4. The number of hydrogen-bond donors (Lipinski definition) is 4. The summed E-state index contributed by atoms with van der Waals surface area (Å²) in [5.41, 5.74) is 1.46. The van der Waals surface area contributed by atoms with Crippen molar-refractivity contribution in [3.63, 3.8) is 0 Å². The van der Waals surface area contributed by atoms with Crippen LogP contribution in [0.1, 0.15) is 27.9 Å². The highest BCUT2D eigenvalue weighted by molar-refractivity contribution is 5.91. The lowest BCUT2D eigenvalue weighted by atomic mass is 10.0. The zero-order chi connectivity index (χ0) is 42.4. The molecular formula is C39H44F4N4O11. The van der Waals surface area contributed by atoms with Gasteiger partial charge in [-0.2, -0.15) is 8.78 Å². The summed E-state index contributed by atoms with van der Waals surface area (Å²) in [5, 5.41) is 38.4. The Morgan fingerprint density at radius 3 is 1.64 bits per heavy atom. The SMILES string of the molecule is O=C(O)CN1CCN(CC(=O)O)CCN(CC(=O)O)[C@@H](Cc2ccc(OCCCc3ccc(C(=O)Oc4c(F)c(F)cc(F)c4F)cc3)cc2)CN(CC(=O)O)CC1. The van der Waals surface area contributed by atoms with Crippen LogP contribution in [0.4, 0.5) is 17.6 Å². The molecule has 0 radical (unpaired) electrons. The highest BCUT2D eigenvalue weighted by Gasteiger charge is 2.28. The molecule has 58 heavy (non-hydrogen) atoms. The van der Waals surface area contributed by atoms with E-state index in [1.165, 1.54) is 12.1 Å². The van der Waals surface area contributed by atoms with E-state index in [-0.39, 0.29) is 90.2 Å². The molecule has 0 aliphatic carbocycles. The van der Waals surface area contributed by atoms with Crippen molar-refractivity contribution in [2.45, 2.75) is 25.3 Å². The van der Waals surface area contributed by atoms with Gasteiger partial charge in [-0.3, -0.25) is 38.8 Å². The van der Waals surface area contributed by atoms with Crippen molar-refractivity contribution in [1.82, 2.24) is 19.6 Å². The predicted molar refractivity (Wildman–Crippen MR) is 197 cm³/mol. The Morgan fingerprint density at radius 2 is 1.10 bits per heavy atom. The monoisotopic (exact) mass is 820 g/mol. The number of esters is 1. The van der Waals surface area contributed by atoms with Gasteiger partial charge in [-0.15, -0.1) is 0 Å². The number of carbonyl (C=O) groups is 5. The number of aliphatic carboxylic acids is 4. The van der Waals surface area contributed by atoms with E-state index >= 15 is 0 Å². The fourth-order valence-corrected chi connectivity index (χ4v) is 6.42. The molecular weight excluding hydrogens is 776 g/mol. The molecule has 1 aliphatic rings. The first-order valence-electron chi connectivity index (χ1n) is 18.2. The molecule has 0 amide bonds. The summed E-state index contributed by atoms with van der Waals surface area (Å²) in [4.78, 5) is 65.9. The van der Waals surface area contributed by atoms with Crippen molar-refractivity contribution in [1.29, 1.82) is 0 Å². The first-order valence-corrected chi connectivity index (χ1v) is 18.2. The summed E-state index contributed by atoms with van der Waals surface area (Å²) < 4.78 is 65.2. The molecule has 314 valence electrons. The molecule has 1 saturated heterocycles. The number of carboxylic acid groups (broad SMARTS) is 4. The standard InChI is InChI=1S/C39H44F4N4O11/c40-30-19-31(41)37(43)38(36(30)42)58-39(56)27-7-3-25(4-8-27)2-1-17-57-29-9-5-26(6-10-29)18-28-20-46(23-34(52)53)14-13-44(21-32(48)49)11-12-45(22-33(50)51)15-16-47(28)24-35(54)55/h3-10,19,28H,1-2,11-18,20-24H2,(H,48,49)(H,50,51)(H,52,53)(H,54,55)/t28-/m0/s1. The summed E-state index contributed by atoms with van der Waals surface area (Å²) in [7, 11) is 0. The average Bonchev–Trinajstić information content (AvgIpc) is 3.16. The molecule has 1 atom stereocenters. The van der Waals surface area contributed by atoms with Gasteiger partial charge in [0.25, 0.3) is 0 Å². The molecule has 0 saturated carbocycles. The van der Waals surface area contributed by atoms with E-state index < -0.39 is 64.9 Å². The number of hydrogen-bond acceptors (Lipinski definition) is 11. The van der Waals surface area contributed by atoms with Gasteiger partial charge < -0.3 is 29.9 Å². The number of rotatable bonds is 17. The first-order chi connectivity index (χ1) is 27.6. The van der Waals surface area contributed by atoms with Crippen LogP contribution in [0.25, 0.3) is 0 Å². The Hall–Kier alpha value is -5.63. The maximum Gasteiger partial charge on any atom is 0.343 e. The van der Waals surface area contributed by atoms with E-state index in [0.717, 1.165) is 11.1 Å². The Bertz CT molecular complexity index is 1880. The number of halogens is 4. The third kappa shape index (κ3) is 14.4. The van der Waals surface area contributed by atoms with E-state index in [2.05, 4.69) is 4.74 Å². The van der Waals surface area contributed by atoms with E-state index in [0.29, 0.717) is 25.0 Å². The minimum Gasteiger partial charge on any atom is -0.494 e. The smallest absolute Gasteiger partial charge is 0.343 e. The zero-order valence-electron chi connectivity index (χ0n) is 31.3. The number of carbonyl (C=O) groups excluding carboxylic acids is 1. The molecule has 4 rings (SSSR count). The topological polar surface area (TPSA) is 198 Å². The van der Waals surface area contributed by atoms with Crippen molar-refractivity contribution in [2.75, 3.05) is 78.6 Å². The fraction of sp³-hybridized carbons (Fsp3) is 0.410. The van der Waals surface area contributed by atoms with Gasteiger partial charge >= 0.3 is 29.8 Å². The van der Waals surface area contributed by atoms with E-state index in [1.807, 2.05) is 0 Å². The third-order valence-corrected chi connectivity index (χ3v) is 9.30. The summed E-state index contributed by atoms with van der Waals surface area (Å²) >= 11 is 0. The van der Waals surface area contributed by atoms with Gasteiger partial charge in [-0.05, 0) is 54.7 Å². The molecule has 0 aromatic heterocycles. The number of aryl methyl sites for hydroxylation is 1. The molecule has 3 aromatic rings. The second-order valence-corrected chi connectivity index (χ2v) is 13.7. The van der Waals surface area contributed by atoms with Crippen LogP contribution < -0.4 is 9.47 Å². The van der Waals surface area contributed by atoms with Gasteiger partial charge in [0, 0.05) is 57.9 Å². The van der Waals surface area contributed by atoms with Crippen LogP contribution in [0.5, 0.6) is 11.5 Å². The molecule has 0 spiro atoms. The minimum atomic E-state index is -1.84. The number of benzene rings is 3. The van der Waals surface area contributed by atoms with Crippen LogP contribution in [0.2, 0.25) is 0 Å². The first kappa shape index (κ1) is 45.1. The molecule has 4 N–H and O–H groups in total. The highest BCUT2D eigenvalue weighted by Crippen LogP contribution is 2.27.